The minimum Gasteiger partial charge on any atom is -0.326 e. The van der Waals surface area contributed by atoms with Crippen molar-refractivity contribution in [1.29, 1.82) is 0 Å². The van der Waals surface area contributed by atoms with Crippen LogP contribution in [0, 0.1) is 0 Å². The van der Waals surface area contributed by atoms with Crippen molar-refractivity contribution in [3.8, 4) is 0 Å². The topological polar surface area (TPSA) is 29.3 Å². The highest BCUT2D eigenvalue weighted by Crippen LogP contribution is 2.33. The molecule has 15 heavy (non-hydrogen) atoms. The van der Waals surface area contributed by atoms with Crippen molar-refractivity contribution in [3.63, 3.8) is 0 Å². The molecule has 2 atom stereocenters. The molecule has 0 amide bonds. The van der Waals surface area contributed by atoms with E-state index in [0.29, 0.717) is 6.04 Å². The molecule has 0 aromatic heterocycles. The predicted octanol–water partition coefficient (Wildman–Crippen LogP) is 2.17. The Balaban J connectivity index is 2.19. The Hall–Kier alpha value is -0.860. The summed E-state index contributed by atoms with van der Waals surface area (Å²) in [6.45, 7) is 2.09. The summed E-state index contributed by atoms with van der Waals surface area (Å²) in [7, 11) is 2.19. The summed E-state index contributed by atoms with van der Waals surface area (Å²) < 4.78 is 0. The smallest absolute Gasteiger partial charge is 0.0496 e. The van der Waals surface area contributed by atoms with Crippen molar-refractivity contribution < 1.29 is 0 Å². The largest absolute Gasteiger partial charge is 0.326 e. The first-order valence-electron chi connectivity index (χ1n) is 5.72. The summed E-state index contributed by atoms with van der Waals surface area (Å²) in [5, 5.41) is 0. The number of hydrogen-bond acceptors (Lipinski definition) is 2. The summed E-state index contributed by atoms with van der Waals surface area (Å²) in [6, 6.07) is 11.9. The molecular weight excluding hydrogens is 184 g/mol. The second-order valence-corrected chi connectivity index (χ2v) is 4.61. The Morgan fingerprint density at radius 2 is 1.87 bits per heavy atom. The maximum atomic E-state index is 6.09. The first-order valence-corrected chi connectivity index (χ1v) is 5.72. The summed E-state index contributed by atoms with van der Waals surface area (Å²) in [6.07, 6.45) is 2.65. The van der Waals surface area contributed by atoms with Crippen molar-refractivity contribution in [2.75, 3.05) is 7.05 Å². The lowest BCUT2D eigenvalue weighted by Crippen LogP contribution is -2.38. The van der Waals surface area contributed by atoms with Crippen LogP contribution in [0.5, 0.6) is 0 Å². The zero-order valence-corrected chi connectivity index (χ0v) is 9.56. The molecule has 0 radical (unpaired) electrons. The Kier molecular flexibility index (Phi) is 3.08. The molecule has 1 aliphatic carbocycles. The van der Waals surface area contributed by atoms with Crippen LogP contribution < -0.4 is 5.73 Å². The van der Waals surface area contributed by atoms with E-state index in [4.69, 9.17) is 5.73 Å². The van der Waals surface area contributed by atoms with E-state index in [-0.39, 0.29) is 6.04 Å². The third-order valence-corrected chi connectivity index (χ3v) is 3.20. The maximum Gasteiger partial charge on any atom is 0.0496 e. The van der Waals surface area contributed by atoms with Crippen molar-refractivity contribution in [3.05, 3.63) is 35.9 Å². The fourth-order valence-corrected chi connectivity index (χ4v) is 2.27. The van der Waals surface area contributed by atoms with Crippen LogP contribution in [0.2, 0.25) is 0 Å². The summed E-state index contributed by atoms with van der Waals surface area (Å²) >= 11 is 0. The van der Waals surface area contributed by atoms with E-state index in [2.05, 4.69) is 49.2 Å². The number of rotatable bonds is 4. The highest BCUT2D eigenvalue weighted by atomic mass is 15.2. The molecule has 82 valence electrons. The zero-order chi connectivity index (χ0) is 10.8. The van der Waals surface area contributed by atoms with E-state index in [1.54, 1.807) is 0 Å². The number of nitrogens with two attached hydrogens (primary N) is 1. The number of hydrogen-bond donors (Lipinski definition) is 1. The fourth-order valence-electron chi connectivity index (χ4n) is 2.27. The van der Waals surface area contributed by atoms with Crippen LogP contribution in [0.15, 0.2) is 30.3 Å². The van der Waals surface area contributed by atoms with Gasteiger partial charge in [-0.3, -0.25) is 4.90 Å². The first-order chi connectivity index (χ1) is 7.20. The van der Waals surface area contributed by atoms with E-state index < -0.39 is 0 Å². The normalized spacial score (nSPS) is 20.3. The van der Waals surface area contributed by atoms with Gasteiger partial charge in [-0.15, -0.1) is 0 Å². The Labute approximate surface area is 92.1 Å². The van der Waals surface area contributed by atoms with Crippen molar-refractivity contribution in [2.24, 2.45) is 5.73 Å². The fraction of sp³-hybridized carbons (Fsp3) is 0.538. The molecule has 2 unspecified atom stereocenters. The zero-order valence-electron chi connectivity index (χ0n) is 9.56. The molecule has 1 saturated carbocycles. The molecule has 1 aromatic rings. The predicted molar refractivity (Wildman–Crippen MR) is 63.6 cm³/mol. The van der Waals surface area contributed by atoms with E-state index in [1.165, 1.54) is 18.4 Å². The minimum atomic E-state index is 0.179. The average Bonchev–Trinajstić information content (AvgIpc) is 3.02. The van der Waals surface area contributed by atoms with Gasteiger partial charge in [-0.05, 0) is 32.4 Å². The van der Waals surface area contributed by atoms with Crippen LogP contribution in [-0.2, 0) is 0 Å². The van der Waals surface area contributed by atoms with Gasteiger partial charge in [0.15, 0.2) is 0 Å². The molecule has 2 nitrogen and oxygen atoms in total. The third kappa shape index (κ3) is 2.39. The molecule has 0 aliphatic heterocycles. The maximum absolute atomic E-state index is 6.09. The molecule has 1 aromatic carbocycles. The third-order valence-electron chi connectivity index (χ3n) is 3.20. The van der Waals surface area contributed by atoms with Crippen LogP contribution in [0.25, 0.3) is 0 Å². The van der Waals surface area contributed by atoms with Crippen LogP contribution in [0.1, 0.15) is 31.4 Å². The van der Waals surface area contributed by atoms with Gasteiger partial charge in [0.05, 0.1) is 0 Å². The molecule has 0 saturated heterocycles. The van der Waals surface area contributed by atoms with Crippen molar-refractivity contribution in [1.82, 2.24) is 4.90 Å². The van der Waals surface area contributed by atoms with Gasteiger partial charge < -0.3 is 5.73 Å². The molecule has 2 rings (SSSR count). The summed E-state index contributed by atoms with van der Waals surface area (Å²) in [5.41, 5.74) is 7.43. The summed E-state index contributed by atoms with van der Waals surface area (Å²) in [5.74, 6) is 0. The minimum absolute atomic E-state index is 0.179. The Morgan fingerprint density at radius 1 is 1.27 bits per heavy atom. The lowest BCUT2D eigenvalue weighted by molar-refractivity contribution is 0.209. The monoisotopic (exact) mass is 204 g/mol. The SMILES string of the molecule is CC(N)C(c1ccccc1)N(C)C1CC1. The lowest BCUT2D eigenvalue weighted by Gasteiger charge is -2.31. The van der Waals surface area contributed by atoms with Gasteiger partial charge in [-0.2, -0.15) is 0 Å². The lowest BCUT2D eigenvalue weighted by atomic mass is 9.99. The molecule has 2 N–H and O–H groups in total. The first kappa shape index (κ1) is 10.7. The quantitative estimate of drug-likeness (QED) is 0.814. The molecule has 1 fully saturated rings. The van der Waals surface area contributed by atoms with Gasteiger partial charge in [0, 0.05) is 18.1 Å². The second kappa shape index (κ2) is 4.33. The number of likely N-dealkylation sites (N-methyl/N-ethyl adjacent to an activating group) is 1. The molecular formula is C13H20N2. The van der Waals surface area contributed by atoms with Gasteiger partial charge in [0.1, 0.15) is 0 Å². The van der Waals surface area contributed by atoms with E-state index in [9.17, 15) is 0 Å². The van der Waals surface area contributed by atoms with Crippen LogP contribution in [-0.4, -0.2) is 24.0 Å². The molecule has 0 heterocycles. The second-order valence-electron chi connectivity index (χ2n) is 4.61. The Morgan fingerprint density at radius 3 is 2.33 bits per heavy atom. The van der Waals surface area contributed by atoms with E-state index in [0.717, 1.165) is 6.04 Å². The molecule has 0 bridgehead atoms. The van der Waals surface area contributed by atoms with Crippen LogP contribution >= 0.6 is 0 Å². The summed E-state index contributed by atoms with van der Waals surface area (Å²) in [4.78, 5) is 2.43. The van der Waals surface area contributed by atoms with Gasteiger partial charge in [0.2, 0.25) is 0 Å². The molecule has 1 aliphatic rings. The highest BCUT2D eigenvalue weighted by molar-refractivity contribution is 5.21. The molecule has 2 heteroatoms. The standard InChI is InChI=1S/C13H20N2/c1-10(14)13(15(2)12-8-9-12)11-6-4-3-5-7-11/h3-7,10,12-13H,8-9,14H2,1-2H3. The number of benzene rings is 1. The van der Waals surface area contributed by atoms with Crippen molar-refractivity contribution in [2.45, 2.75) is 37.9 Å². The van der Waals surface area contributed by atoms with E-state index in [1.807, 2.05) is 0 Å². The molecule has 0 spiro atoms. The van der Waals surface area contributed by atoms with Crippen LogP contribution in [0.3, 0.4) is 0 Å². The van der Waals surface area contributed by atoms with Crippen LogP contribution in [0.4, 0.5) is 0 Å². The average molecular weight is 204 g/mol. The number of nitrogens with zero attached hydrogens (tertiary/aromatic N) is 1. The van der Waals surface area contributed by atoms with Gasteiger partial charge in [-0.1, -0.05) is 30.3 Å². The Bertz CT molecular complexity index is 304. The van der Waals surface area contributed by atoms with E-state index >= 15 is 0 Å². The van der Waals surface area contributed by atoms with Crippen molar-refractivity contribution >= 4 is 0 Å². The van der Waals surface area contributed by atoms with Gasteiger partial charge in [0.25, 0.3) is 0 Å². The van der Waals surface area contributed by atoms with Gasteiger partial charge in [-0.25, -0.2) is 0 Å². The highest BCUT2D eigenvalue weighted by Gasteiger charge is 2.33. The van der Waals surface area contributed by atoms with Gasteiger partial charge >= 0.3 is 0 Å².